The highest BCUT2D eigenvalue weighted by atomic mass is 127. The Morgan fingerprint density at radius 3 is 3.06 bits per heavy atom. The Labute approximate surface area is 123 Å². The Hall–Kier alpha value is -1.15. The molecule has 0 aliphatic rings. The number of hydrogen-bond donors (Lipinski definition) is 1. The van der Waals surface area contributed by atoms with Gasteiger partial charge < -0.3 is 10.1 Å². The number of aromatic nitrogens is 1. The second-order valence-electron chi connectivity index (χ2n) is 3.53. The van der Waals surface area contributed by atoms with E-state index < -0.39 is 0 Å². The number of carbonyl (C=O) groups is 1. The molecule has 18 heavy (non-hydrogen) atoms. The first-order valence-corrected chi connectivity index (χ1v) is 7.16. The molecule has 2 aromatic heterocycles. The van der Waals surface area contributed by atoms with Gasteiger partial charge in [-0.25, -0.2) is 4.98 Å². The summed E-state index contributed by atoms with van der Waals surface area (Å²) in [5.41, 5.74) is 1.66. The molecule has 0 saturated carbocycles. The second kappa shape index (κ2) is 6.14. The van der Waals surface area contributed by atoms with Crippen LogP contribution in [0.5, 0.6) is 5.88 Å². The second-order valence-corrected chi connectivity index (χ2v) is 6.33. The number of halogens is 1. The maximum absolute atomic E-state index is 11.8. The predicted molar refractivity (Wildman–Crippen MR) is 79.0 cm³/mol. The summed E-state index contributed by atoms with van der Waals surface area (Å²) in [7, 11) is 1.57. The van der Waals surface area contributed by atoms with Crippen molar-refractivity contribution < 1.29 is 9.53 Å². The van der Waals surface area contributed by atoms with E-state index in [4.69, 9.17) is 4.74 Å². The van der Waals surface area contributed by atoms with Gasteiger partial charge in [0.25, 0.3) is 5.91 Å². The highest BCUT2D eigenvalue weighted by Crippen LogP contribution is 2.16. The van der Waals surface area contributed by atoms with Crippen molar-refractivity contribution in [3.8, 4) is 5.88 Å². The van der Waals surface area contributed by atoms with E-state index in [1.807, 2.05) is 17.5 Å². The van der Waals surface area contributed by atoms with Gasteiger partial charge in [-0.1, -0.05) is 0 Å². The van der Waals surface area contributed by atoms with Gasteiger partial charge in [-0.15, -0.1) is 11.3 Å². The average Bonchev–Trinajstić information content (AvgIpc) is 2.83. The molecule has 0 atom stereocenters. The van der Waals surface area contributed by atoms with Gasteiger partial charge in [0.05, 0.1) is 15.6 Å². The van der Waals surface area contributed by atoms with E-state index in [0.717, 1.165) is 8.45 Å². The van der Waals surface area contributed by atoms with E-state index in [0.29, 0.717) is 18.0 Å². The number of pyridine rings is 1. The van der Waals surface area contributed by atoms with Crippen LogP contribution in [0, 0.1) is 2.88 Å². The first kappa shape index (κ1) is 13.3. The normalized spacial score (nSPS) is 10.1. The van der Waals surface area contributed by atoms with Crippen LogP contribution in [0.2, 0.25) is 0 Å². The number of amides is 1. The van der Waals surface area contributed by atoms with E-state index in [2.05, 4.69) is 32.9 Å². The van der Waals surface area contributed by atoms with Crippen LogP contribution in [0.15, 0.2) is 29.8 Å². The molecule has 0 spiro atoms. The van der Waals surface area contributed by atoms with Crippen LogP contribution in [-0.2, 0) is 6.54 Å². The minimum Gasteiger partial charge on any atom is -0.481 e. The van der Waals surface area contributed by atoms with E-state index in [1.54, 1.807) is 30.7 Å². The predicted octanol–water partition coefficient (Wildman–Crippen LogP) is 2.69. The number of hydrogen-bond acceptors (Lipinski definition) is 4. The van der Waals surface area contributed by atoms with E-state index >= 15 is 0 Å². The number of thiophene rings is 1. The smallest absolute Gasteiger partial charge is 0.252 e. The van der Waals surface area contributed by atoms with Crippen molar-refractivity contribution in [3.05, 3.63) is 43.8 Å². The minimum atomic E-state index is -0.0649. The van der Waals surface area contributed by atoms with Crippen molar-refractivity contribution in [2.24, 2.45) is 0 Å². The van der Waals surface area contributed by atoms with Crippen molar-refractivity contribution in [1.82, 2.24) is 10.3 Å². The van der Waals surface area contributed by atoms with Gasteiger partial charge in [-0.2, -0.15) is 0 Å². The SMILES string of the molecule is COc1cc(CNC(=O)c2csc(I)c2)ccn1. The van der Waals surface area contributed by atoms with Crippen LogP contribution in [0.3, 0.4) is 0 Å². The number of nitrogens with zero attached hydrogens (tertiary/aromatic N) is 1. The lowest BCUT2D eigenvalue weighted by molar-refractivity contribution is 0.0951. The first-order chi connectivity index (χ1) is 8.69. The zero-order valence-electron chi connectivity index (χ0n) is 9.64. The fourth-order valence-electron chi connectivity index (χ4n) is 1.39. The lowest BCUT2D eigenvalue weighted by Gasteiger charge is -2.05. The van der Waals surface area contributed by atoms with Crippen molar-refractivity contribution in [3.63, 3.8) is 0 Å². The van der Waals surface area contributed by atoms with E-state index in [9.17, 15) is 4.79 Å². The summed E-state index contributed by atoms with van der Waals surface area (Å²) in [6.45, 7) is 0.462. The molecule has 4 nitrogen and oxygen atoms in total. The number of nitrogens with one attached hydrogen (secondary N) is 1. The summed E-state index contributed by atoms with van der Waals surface area (Å²) < 4.78 is 6.13. The van der Waals surface area contributed by atoms with E-state index in [-0.39, 0.29) is 5.91 Å². The Bertz CT molecular complexity index is 557. The van der Waals surface area contributed by atoms with Gasteiger partial charge in [0.2, 0.25) is 5.88 Å². The largest absolute Gasteiger partial charge is 0.481 e. The molecule has 0 bridgehead atoms. The van der Waals surface area contributed by atoms with Gasteiger partial charge in [0.15, 0.2) is 0 Å². The summed E-state index contributed by atoms with van der Waals surface area (Å²) in [5, 5.41) is 4.71. The Balaban J connectivity index is 1.97. The average molecular weight is 374 g/mol. The van der Waals surface area contributed by atoms with Crippen LogP contribution in [0.4, 0.5) is 0 Å². The standard InChI is InChI=1S/C12H11IN2O2S/c1-17-11-4-8(2-3-14-11)6-15-12(16)9-5-10(13)18-7-9/h2-5,7H,6H2,1H3,(H,15,16). The summed E-state index contributed by atoms with van der Waals surface area (Å²) in [6, 6.07) is 5.52. The van der Waals surface area contributed by atoms with Crippen LogP contribution < -0.4 is 10.1 Å². The molecule has 1 amide bonds. The molecule has 2 rings (SSSR count). The number of carbonyl (C=O) groups excluding carboxylic acids is 1. The molecular weight excluding hydrogens is 363 g/mol. The van der Waals surface area contributed by atoms with Gasteiger partial charge >= 0.3 is 0 Å². The van der Waals surface area contributed by atoms with Crippen molar-refractivity contribution in [1.29, 1.82) is 0 Å². The van der Waals surface area contributed by atoms with Crippen LogP contribution in [-0.4, -0.2) is 18.0 Å². The van der Waals surface area contributed by atoms with Crippen LogP contribution >= 0.6 is 33.9 Å². The Morgan fingerprint density at radius 1 is 1.56 bits per heavy atom. The van der Waals surface area contributed by atoms with Gasteiger partial charge in [0, 0.05) is 24.2 Å². The molecule has 2 heterocycles. The molecule has 2 aromatic rings. The summed E-state index contributed by atoms with van der Waals surface area (Å²) in [5.74, 6) is 0.483. The van der Waals surface area contributed by atoms with Gasteiger partial charge in [-0.3, -0.25) is 4.79 Å². The maximum atomic E-state index is 11.8. The first-order valence-electron chi connectivity index (χ1n) is 5.20. The van der Waals surface area contributed by atoms with E-state index in [1.165, 1.54) is 0 Å². The molecule has 94 valence electrons. The van der Waals surface area contributed by atoms with Crippen molar-refractivity contribution in [2.45, 2.75) is 6.54 Å². The number of methoxy groups -OCH3 is 1. The maximum Gasteiger partial charge on any atom is 0.252 e. The van der Waals surface area contributed by atoms with Crippen LogP contribution in [0.1, 0.15) is 15.9 Å². The molecule has 0 unspecified atom stereocenters. The van der Waals surface area contributed by atoms with Crippen LogP contribution in [0.25, 0.3) is 0 Å². The Kier molecular flexibility index (Phi) is 4.54. The Morgan fingerprint density at radius 2 is 2.39 bits per heavy atom. The van der Waals surface area contributed by atoms with Gasteiger partial charge in [-0.05, 0) is 40.3 Å². The fourth-order valence-corrected chi connectivity index (χ4v) is 2.71. The molecule has 0 aliphatic heterocycles. The molecule has 0 radical (unpaired) electrons. The van der Waals surface area contributed by atoms with Crippen molar-refractivity contribution in [2.75, 3.05) is 7.11 Å². The fraction of sp³-hybridized carbons (Fsp3) is 0.167. The van der Waals surface area contributed by atoms with Gasteiger partial charge in [0.1, 0.15) is 0 Å². The highest BCUT2D eigenvalue weighted by molar-refractivity contribution is 14.1. The summed E-state index contributed by atoms with van der Waals surface area (Å²) in [4.78, 5) is 15.8. The quantitative estimate of drug-likeness (QED) is 0.838. The molecule has 1 N–H and O–H groups in total. The monoisotopic (exact) mass is 374 g/mol. The number of rotatable bonds is 4. The van der Waals surface area contributed by atoms with Crippen molar-refractivity contribution >= 4 is 39.8 Å². The third-order valence-corrected chi connectivity index (χ3v) is 4.08. The summed E-state index contributed by atoms with van der Waals surface area (Å²) >= 11 is 3.75. The zero-order chi connectivity index (χ0) is 13.0. The molecule has 0 aliphatic carbocycles. The zero-order valence-corrected chi connectivity index (χ0v) is 12.6. The third kappa shape index (κ3) is 3.42. The minimum absolute atomic E-state index is 0.0649. The topological polar surface area (TPSA) is 51.2 Å². The highest BCUT2D eigenvalue weighted by Gasteiger charge is 2.07. The third-order valence-electron chi connectivity index (χ3n) is 2.29. The molecule has 0 aromatic carbocycles. The molecular formula is C12H11IN2O2S. The molecule has 6 heteroatoms. The molecule has 0 fully saturated rings. The summed E-state index contributed by atoms with van der Waals surface area (Å²) in [6.07, 6.45) is 1.66. The number of ether oxygens (including phenoxy) is 1. The molecule has 0 saturated heterocycles. The lowest BCUT2D eigenvalue weighted by atomic mass is 10.2. The lowest BCUT2D eigenvalue weighted by Crippen LogP contribution is -2.22.